The fourth-order valence-corrected chi connectivity index (χ4v) is 3.91. The first kappa shape index (κ1) is 21.9. The molecule has 3 rings (SSSR count). The number of nitrogens with zero attached hydrogens (tertiary/aromatic N) is 1. The second-order valence-electron chi connectivity index (χ2n) is 7.78. The Morgan fingerprint density at radius 2 is 2.00 bits per heavy atom. The quantitative estimate of drug-likeness (QED) is 0.595. The van der Waals surface area contributed by atoms with Gasteiger partial charge in [-0.2, -0.15) is 0 Å². The number of hydrogen-bond acceptors (Lipinski definition) is 4. The first-order valence-corrected chi connectivity index (χ1v) is 10.7. The third-order valence-corrected chi connectivity index (χ3v) is 5.95. The minimum absolute atomic E-state index is 0.231. The number of nitrogens with one attached hydrogen (secondary N) is 2. The van der Waals surface area contributed by atoms with Gasteiger partial charge in [0.1, 0.15) is 5.76 Å². The molecule has 0 spiro atoms. The molecule has 0 bridgehead atoms. The van der Waals surface area contributed by atoms with E-state index in [1.165, 1.54) is 0 Å². The van der Waals surface area contributed by atoms with Crippen molar-refractivity contribution < 1.29 is 14.1 Å². The monoisotopic (exact) mass is 439 g/mol. The fraction of sp³-hybridized carbons (Fsp3) is 0.524. The third-order valence-electron chi connectivity index (χ3n) is 5.36. The fourth-order valence-electron chi connectivity index (χ4n) is 3.42. The topological polar surface area (TPSA) is 76.4 Å². The highest BCUT2D eigenvalue weighted by atomic mass is 35.5. The van der Waals surface area contributed by atoms with Crippen LogP contribution in [0.2, 0.25) is 10.0 Å². The lowest BCUT2D eigenvalue weighted by Crippen LogP contribution is -2.35. The highest BCUT2D eigenvalue weighted by molar-refractivity contribution is 6.35. The molecule has 1 aromatic carbocycles. The molecule has 1 fully saturated rings. The maximum atomic E-state index is 12.3. The van der Waals surface area contributed by atoms with E-state index in [1.807, 2.05) is 12.1 Å². The number of benzene rings is 1. The highest BCUT2D eigenvalue weighted by Crippen LogP contribution is 2.28. The van der Waals surface area contributed by atoms with E-state index in [9.17, 15) is 4.79 Å². The summed E-state index contributed by atoms with van der Waals surface area (Å²) >= 11 is 12.3. The predicted octanol–water partition coefficient (Wildman–Crippen LogP) is 5.51. The summed E-state index contributed by atoms with van der Waals surface area (Å²) in [6, 6.07) is 7.01. The van der Waals surface area contributed by atoms with E-state index in [4.69, 9.17) is 32.5 Å². The molecule has 29 heavy (non-hydrogen) atoms. The zero-order valence-corrected chi connectivity index (χ0v) is 18.2. The molecular weight excluding hydrogens is 413 g/mol. The van der Waals surface area contributed by atoms with Crippen LogP contribution in [0, 0.1) is 11.8 Å². The molecule has 1 atom stereocenters. The SMILES string of the molecule is CC(C)C(CNC(=O)Nc1cc(C2CCOCC2)on1)Cc1ccc(Cl)cc1Cl. The van der Waals surface area contributed by atoms with Gasteiger partial charge in [-0.1, -0.05) is 48.3 Å². The van der Waals surface area contributed by atoms with Gasteiger partial charge in [0.05, 0.1) is 0 Å². The van der Waals surface area contributed by atoms with Crippen LogP contribution >= 0.6 is 23.2 Å². The van der Waals surface area contributed by atoms with Crippen molar-refractivity contribution in [2.24, 2.45) is 11.8 Å². The van der Waals surface area contributed by atoms with Gasteiger partial charge >= 0.3 is 6.03 Å². The van der Waals surface area contributed by atoms with E-state index in [0.29, 0.717) is 34.2 Å². The molecule has 2 aromatic rings. The van der Waals surface area contributed by atoms with Gasteiger partial charge in [-0.25, -0.2) is 4.79 Å². The lowest BCUT2D eigenvalue weighted by atomic mass is 9.89. The molecule has 1 aliphatic rings. The van der Waals surface area contributed by atoms with Crippen molar-refractivity contribution in [3.63, 3.8) is 0 Å². The third kappa shape index (κ3) is 6.36. The normalized spacial score (nSPS) is 16.0. The zero-order chi connectivity index (χ0) is 20.8. The Morgan fingerprint density at radius 3 is 2.69 bits per heavy atom. The Kier molecular flexibility index (Phi) is 7.81. The number of amides is 2. The summed E-state index contributed by atoms with van der Waals surface area (Å²) < 4.78 is 10.8. The average Bonchev–Trinajstić information content (AvgIpc) is 3.15. The molecule has 1 unspecified atom stereocenters. The van der Waals surface area contributed by atoms with E-state index in [-0.39, 0.29) is 11.9 Å². The maximum Gasteiger partial charge on any atom is 0.320 e. The number of ether oxygens (including phenoxy) is 1. The van der Waals surface area contributed by atoms with Gasteiger partial charge in [0.2, 0.25) is 0 Å². The largest absolute Gasteiger partial charge is 0.381 e. The number of anilines is 1. The first-order valence-electron chi connectivity index (χ1n) is 9.95. The van der Waals surface area contributed by atoms with Crippen LogP contribution in [0.25, 0.3) is 0 Å². The van der Waals surface area contributed by atoms with Gasteiger partial charge in [-0.3, -0.25) is 5.32 Å². The standard InChI is InChI=1S/C21H27Cl2N3O3/c1-13(2)16(9-15-3-4-17(22)10-18(15)23)12-24-21(27)25-20-11-19(29-26-20)14-5-7-28-8-6-14/h3-4,10-11,13-14,16H,5-9,12H2,1-2H3,(H2,24,25,26,27). The summed E-state index contributed by atoms with van der Waals surface area (Å²) in [6.45, 7) is 6.23. The molecule has 8 heteroatoms. The summed E-state index contributed by atoms with van der Waals surface area (Å²) in [5.74, 6) is 2.11. The summed E-state index contributed by atoms with van der Waals surface area (Å²) in [5.41, 5.74) is 1.02. The minimum Gasteiger partial charge on any atom is -0.381 e. The molecule has 0 aliphatic carbocycles. The molecule has 158 valence electrons. The van der Waals surface area contributed by atoms with E-state index in [0.717, 1.165) is 43.8 Å². The summed E-state index contributed by atoms with van der Waals surface area (Å²) in [7, 11) is 0. The highest BCUT2D eigenvalue weighted by Gasteiger charge is 2.21. The second-order valence-corrected chi connectivity index (χ2v) is 8.62. The van der Waals surface area contributed by atoms with Crippen molar-refractivity contribution in [3.05, 3.63) is 45.6 Å². The van der Waals surface area contributed by atoms with Crippen LogP contribution in [0.4, 0.5) is 10.6 Å². The molecule has 2 heterocycles. The Labute approximate surface area is 181 Å². The second kappa shape index (κ2) is 10.3. The van der Waals surface area contributed by atoms with Crippen LogP contribution in [0.3, 0.4) is 0 Å². The number of halogens is 2. The number of aromatic nitrogens is 1. The molecule has 0 radical (unpaired) electrons. The van der Waals surface area contributed by atoms with Crippen molar-refractivity contribution >= 4 is 35.1 Å². The van der Waals surface area contributed by atoms with Crippen LogP contribution in [-0.2, 0) is 11.2 Å². The van der Waals surface area contributed by atoms with Gasteiger partial charge in [0.25, 0.3) is 0 Å². The smallest absolute Gasteiger partial charge is 0.320 e. The summed E-state index contributed by atoms with van der Waals surface area (Å²) in [5, 5.41) is 10.9. The van der Waals surface area contributed by atoms with Crippen molar-refractivity contribution in [1.29, 1.82) is 0 Å². The molecule has 2 amide bonds. The van der Waals surface area contributed by atoms with Crippen molar-refractivity contribution in [2.75, 3.05) is 25.1 Å². The number of carbonyl (C=O) groups is 1. The van der Waals surface area contributed by atoms with Crippen LogP contribution in [0.15, 0.2) is 28.8 Å². The van der Waals surface area contributed by atoms with Crippen LogP contribution < -0.4 is 10.6 Å². The number of carbonyl (C=O) groups excluding carboxylic acids is 1. The van der Waals surface area contributed by atoms with E-state index >= 15 is 0 Å². The van der Waals surface area contributed by atoms with E-state index in [1.54, 1.807) is 12.1 Å². The first-order chi connectivity index (χ1) is 13.9. The maximum absolute atomic E-state index is 12.3. The molecule has 1 aliphatic heterocycles. The zero-order valence-electron chi connectivity index (χ0n) is 16.7. The molecule has 2 N–H and O–H groups in total. The molecule has 1 saturated heterocycles. The van der Waals surface area contributed by atoms with Gasteiger partial charge < -0.3 is 14.6 Å². The van der Waals surface area contributed by atoms with Gasteiger partial charge in [-0.05, 0) is 48.8 Å². The van der Waals surface area contributed by atoms with E-state index in [2.05, 4.69) is 29.6 Å². The Bertz CT molecular complexity index is 819. The minimum atomic E-state index is -0.301. The van der Waals surface area contributed by atoms with Gasteiger partial charge in [0, 0.05) is 41.8 Å². The predicted molar refractivity (Wildman–Crippen MR) is 115 cm³/mol. The van der Waals surface area contributed by atoms with Crippen molar-refractivity contribution in [2.45, 2.75) is 39.0 Å². The lowest BCUT2D eigenvalue weighted by molar-refractivity contribution is 0.0791. The van der Waals surface area contributed by atoms with Crippen LogP contribution in [0.1, 0.15) is 43.9 Å². The Hall–Kier alpha value is -1.76. The van der Waals surface area contributed by atoms with Gasteiger partial charge in [0.15, 0.2) is 5.82 Å². The Morgan fingerprint density at radius 1 is 1.24 bits per heavy atom. The lowest BCUT2D eigenvalue weighted by Gasteiger charge is -2.22. The summed E-state index contributed by atoms with van der Waals surface area (Å²) in [4.78, 5) is 12.3. The Balaban J connectivity index is 1.52. The van der Waals surface area contributed by atoms with Crippen molar-refractivity contribution in [1.82, 2.24) is 10.5 Å². The molecular formula is C21H27Cl2N3O3. The summed E-state index contributed by atoms with van der Waals surface area (Å²) in [6.07, 6.45) is 2.57. The van der Waals surface area contributed by atoms with Crippen molar-refractivity contribution in [3.8, 4) is 0 Å². The van der Waals surface area contributed by atoms with Crippen LogP contribution in [-0.4, -0.2) is 30.9 Å². The number of hydrogen-bond donors (Lipinski definition) is 2. The molecule has 1 aromatic heterocycles. The van der Waals surface area contributed by atoms with Crippen LogP contribution in [0.5, 0.6) is 0 Å². The molecule has 0 saturated carbocycles. The van der Waals surface area contributed by atoms with E-state index < -0.39 is 0 Å². The number of rotatable bonds is 7. The van der Waals surface area contributed by atoms with Gasteiger partial charge in [-0.15, -0.1) is 0 Å². The number of urea groups is 1. The molecule has 6 nitrogen and oxygen atoms in total. The average molecular weight is 440 g/mol.